The number of amides is 2. The normalized spacial score (nSPS) is 20.6. The molecule has 1 aromatic heterocycles. The number of aryl methyl sites for hydroxylation is 2. The number of benzene rings is 1. The van der Waals surface area contributed by atoms with Crippen LogP contribution in [0.15, 0.2) is 18.2 Å². The quantitative estimate of drug-likeness (QED) is 0.590. The summed E-state index contributed by atoms with van der Waals surface area (Å²) < 4.78 is 7.87. The van der Waals surface area contributed by atoms with Gasteiger partial charge in [-0.2, -0.15) is 0 Å². The van der Waals surface area contributed by atoms with Crippen LogP contribution >= 0.6 is 0 Å². The molecule has 2 N–H and O–H groups in total. The van der Waals surface area contributed by atoms with Gasteiger partial charge in [-0.15, -0.1) is 0 Å². The zero-order valence-corrected chi connectivity index (χ0v) is 17.3. The number of imidazole rings is 1. The Balaban J connectivity index is 1.56. The monoisotopic (exact) mass is 386 g/mol. The van der Waals surface area contributed by atoms with Crippen LogP contribution in [0.3, 0.4) is 0 Å². The highest BCUT2D eigenvalue weighted by Gasteiger charge is 2.50. The third-order valence-electron chi connectivity index (χ3n) is 5.87. The molecule has 0 aliphatic heterocycles. The van der Waals surface area contributed by atoms with Crippen molar-refractivity contribution in [2.24, 2.45) is 12.5 Å². The molecule has 0 saturated heterocycles. The van der Waals surface area contributed by atoms with Gasteiger partial charge in [-0.1, -0.05) is 27.2 Å². The van der Waals surface area contributed by atoms with Crippen molar-refractivity contribution < 1.29 is 14.3 Å². The van der Waals surface area contributed by atoms with Gasteiger partial charge >= 0.3 is 11.8 Å². The fourth-order valence-electron chi connectivity index (χ4n) is 3.59. The summed E-state index contributed by atoms with van der Waals surface area (Å²) in [5.74, 6) is -0.403. The molecule has 1 aliphatic carbocycles. The summed E-state index contributed by atoms with van der Waals surface area (Å²) in [4.78, 5) is 29.1. The highest BCUT2D eigenvalue weighted by atomic mass is 16.5. The van der Waals surface area contributed by atoms with Gasteiger partial charge in [0.25, 0.3) is 0 Å². The first kappa shape index (κ1) is 20.3. The number of anilines is 1. The van der Waals surface area contributed by atoms with Crippen molar-refractivity contribution in [2.45, 2.75) is 59.1 Å². The van der Waals surface area contributed by atoms with Crippen LogP contribution in [0.5, 0.6) is 0 Å². The van der Waals surface area contributed by atoms with Crippen molar-refractivity contribution in [3.8, 4) is 0 Å². The molecule has 1 heterocycles. The van der Waals surface area contributed by atoms with Crippen LogP contribution in [-0.2, 0) is 21.4 Å². The molecule has 0 spiro atoms. The molecule has 1 aromatic carbocycles. The lowest BCUT2D eigenvalue weighted by atomic mass is 9.64. The summed E-state index contributed by atoms with van der Waals surface area (Å²) in [6.07, 6.45) is 2.97. The smallest absolute Gasteiger partial charge is 0.313 e. The Morgan fingerprint density at radius 1 is 1.32 bits per heavy atom. The van der Waals surface area contributed by atoms with Gasteiger partial charge in [0, 0.05) is 30.8 Å². The molecule has 1 saturated carbocycles. The number of nitrogens with zero attached hydrogens (tertiary/aromatic N) is 2. The van der Waals surface area contributed by atoms with Gasteiger partial charge in [-0.25, -0.2) is 4.98 Å². The molecule has 2 amide bonds. The summed E-state index contributed by atoms with van der Waals surface area (Å²) in [6, 6.07) is 5.37. The minimum Gasteiger partial charge on any atom is -0.378 e. The molecule has 0 radical (unpaired) electrons. The van der Waals surface area contributed by atoms with Crippen molar-refractivity contribution in [3.05, 3.63) is 24.0 Å². The predicted octanol–water partition coefficient (Wildman–Crippen LogP) is 2.92. The van der Waals surface area contributed by atoms with Gasteiger partial charge in [0.1, 0.15) is 5.82 Å². The van der Waals surface area contributed by atoms with Crippen molar-refractivity contribution in [1.82, 2.24) is 14.9 Å². The van der Waals surface area contributed by atoms with E-state index < -0.39 is 11.8 Å². The first-order valence-electron chi connectivity index (χ1n) is 9.90. The largest absolute Gasteiger partial charge is 0.378 e. The number of aromatic nitrogens is 2. The van der Waals surface area contributed by atoms with E-state index in [2.05, 4.69) is 36.4 Å². The van der Waals surface area contributed by atoms with E-state index in [1.54, 1.807) is 12.1 Å². The number of carbonyl (C=O) groups is 2. The average molecular weight is 386 g/mol. The Kier molecular flexibility index (Phi) is 5.74. The van der Waals surface area contributed by atoms with Crippen molar-refractivity contribution >= 4 is 28.5 Å². The van der Waals surface area contributed by atoms with Gasteiger partial charge < -0.3 is 19.9 Å². The second-order valence-corrected chi connectivity index (χ2v) is 8.17. The lowest BCUT2D eigenvalue weighted by molar-refractivity contribution is -0.145. The Labute approximate surface area is 165 Å². The Hall–Kier alpha value is -2.41. The summed E-state index contributed by atoms with van der Waals surface area (Å²) in [6.45, 7) is 8.91. The predicted molar refractivity (Wildman–Crippen MR) is 109 cm³/mol. The highest BCUT2D eigenvalue weighted by Crippen LogP contribution is 2.42. The van der Waals surface area contributed by atoms with E-state index in [1.165, 1.54) is 0 Å². The van der Waals surface area contributed by atoms with E-state index in [-0.39, 0.29) is 17.6 Å². The second kappa shape index (κ2) is 7.91. The maximum atomic E-state index is 12.3. The van der Waals surface area contributed by atoms with E-state index in [0.717, 1.165) is 42.7 Å². The van der Waals surface area contributed by atoms with Crippen LogP contribution in [0.1, 0.15) is 45.9 Å². The summed E-state index contributed by atoms with van der Waals surface area (Å²) in [5, 5.41) is 5.51. The number of hydrogen-bond donors (Lipinski definition) is 2. The van der Waals surface area contributed by atoms with Crippen LogP contribution in [0.25, 0.3) is 11.0 Å². The molecular weight excluding hydrogens is 356 g/mol. The maximum absolute atomic E-state index is 12.3. The molecule has 2 aromatic rings. The van der Waals surface area contributed by atoms with Gasteiger partial charge in [0.2, 0.25) is 0 Å². The van der Waals surface area contributed by atoms with E-state index in [4.69, 9.17) is 4.74 Å². The molecule has 3 rings (SSSR count). The molecule has 1 aliphatic rings. The van der Waals surface area contributed by atoms with Crippen LogP contribution in [-0.4, -0.2) is 40.1 Å². The van der Waals surface area contributed by atoms with Crippen molar-refractivity contribution in [3.63, 3.8) is 0 Å². The van der Waals surface area contributed by atoms with Crippen LogP contribution < -0.4 is 10.6 Å². The first-order chi connectivity index (χ1) is 13.2. The van der Waals surface area contributed by atoms with Gasteiger partial charge in [0.05, 0.1) is 17.1 Å². The van der Waals surface area contributed by atoms with E-state index in [0.29, 0.717) is 5.69 Å². The number of unbranched alkanes of at least 4 members (excludes halogenated alkanes) is 1. The molecule has 0 bridgehead atoms. The van der Waals surface area contributed by atoms with Crippen LogP contribution in [0, 0.1) is 12.3 Å². The molecule has 7 heteroatoms. The zero-order valence-electron chi connectivity index (χ0n) is 17.3. The van der Waals surface area contributed by atoms with Crippen LogP contribution in [0.4, 0.5) is 5.69 Å². The Morgan fingerprint density at radius 3 is 2.75 bits per heavy atom. The number of nitrogens with one attached hydrogen (secondary N) is 2. The molecular formula is C21H30N4O3. The van der Waals surface area contributed by atoms with Gasteiger partial charge in [0.15, 0.2) is 0 Å². The Bertz CT molecular complexity index is 887. The second-order valence-electron chi connectivity index (χ2n) is 8.17. The highest BCUT2D eigenvalue weighted by molar-refractivity contribution is 6.39. The molecule has 28 heavy (non-hydrogen) atoms. The minimum absolute atomic E-state index is 0.0710. The summed E-state index contributed by atoms with van der Waals surface area (Å²) in [7, 11) is 1.94. The third kappa shape index (κ3) is 3.90. The molecule has 2 atom stereocenters. The SMILES string of the molecule is CCCCO[C@@H]1C[C@H](NC(=O)C(=O)Nc2ccc3c(c2)nc(C)n3C)C1(C)C. The fraction of sp³-hybridized carbons (Fsp3) is 0.571. The molecule has 7 nitrogen and oxygen atoms in total. The topological polar surface area (TPSA) is 85.2 Å². The number of ether oxygens (including phenoxy) is 1. The van der Waals surface area contributed by atoms with E-state index in [1.807, 2.05) is 24.6 Å². The maximum Gasteiger partial charge on any atom is 0.313 e. The number of hydrogen-bond acceptors (Lipinski definition) is 4. The molecule has 1 fully saturated rings. The van der Waals surface area contributed by atoms with E-state index in [9.17, 15) is 9.59 Å². The van der Waals surface area contributed by atoms with Gasteiger partial charge in [-0.3, -0.25) is 9.59 Å². The third-order valence-corrected chi connectivity index (χ3v) is 5.87. The lowest BCUT2D eigenvalue weighted by Crippen LogP contribution is -2.63. The zero-order chi connectivity index (χ0) is 20.5. The lowest BCUT2D eigenvalue weighted by Gasteiger charge is -2.51. The van der Waals surface area contributed by atoms with Gasteiger partial charge in [-0.05, 0) is 38.0 Å². The standard InChI is InChI=1S/C21H30N4O3/c1-6-7-10-28-18-12-17(21(18,3)4)24-20(27)19(26)23-14-8-9-16-15(11-14)22-13(2)25(16)5/h8-9,11,17-18H,6-7,10,12H2,1-5H3,(H,23,26)(H,24,27)/t17-,18+/m0/s1. The number of carbonyl (C=O) groups excluding carboxylic acids is 2. The first-order valence-corrected chi connectivity index (χ1v) is 9.90. The van der Waals surface area contributed by atoms with Crippen molar-refractivity contribution in [2.75, 3.05) is 11.9 Å². The summed E-state index contributed by atoms with van der Waals surface area (Å²) in [5.41, 5.74) is 2.13. The Morgan fingerprint density at radius 2 is 2.07 bits per heavy atom. The van der Waals surface area contributed by atoms with Crippen LogP contribution in [0.2, 0.25) is 0 Å². The number of rotatable bonds is 6. The summed E-state index contributed by atoms with van der Waals surface area (Å²) >= 11 is 0. The number of fused-ring (bicyclic) bond motifs is 1. The molecule has 0 unspecified atom stereocenters. The fourth-order valence-corrected chi connectivity index (χ4v) is 3.59. The van der Waals surface area contributed by atoms with Crippen molar-refractivity contribution in [1.29, 1.82) is 0 Å². The van der Waals surface area contributed by atoms with E-state index >= 15 is 0 Å². The molecule has 152 valence electrons. The average Bonchev–Trinajstić information content (AvgIpc) is 2.93. The minimum atomic E-state index is -0.668.